The van der Waals surface area contributed by atoms with E-state index in [1.165, 1.54) is 59.0 Å². The Bertz CT molecular complexity index is 3740. The van der Waals surface area contributed by atoms with Gasteiger partial charge in [-0.05, 0) is 141 Å². The predicted octanol–water partition coefficient (Wildman–Crippen LogP) is 17.9. The number of nitrogens with zero attached hydrogens (tertiary/aromatic N) is 3. The third-order valence-electron chi connectivity index (χ3n) is 15.6. The van der Waals surface area contributed by atoms with E-state index in [1.54, 1.807) is 72.8 Å². The summed E-state index contributed by atoms with van der Waals surface area (Å²) in [5.74, 6) is 1.30. The third-order valence-corrected chi connectivity index (χ3v) is 15.6. The highest BCUT2D eigenvalue weighted by molar-refractivity contribution is 6.22. The maximum Gasteiger partial charge on any atom is 0.261 e. The minimum atomic E-state index is -0.205. The molecule has 3 aliphatic rings. The Morgan fingerprint density at radius 2 is 0.709 bits per heavy atom. The van der Waals surface area contributed by atoms with Gasteiger partial charge in [-0.1, -0.05) is 222 Å². The fourth-order valence-corrected chi connectivity index (χ4v) is 10.4. The highest BCUT2D eigenvalue weighted by atomic mass is 16.2. The van der Waals surface area contributed by atoms with E-state index in [4.69, 9.17) is 0 Å². The van der Waals surface area contributed by atoms with Gasteiger partial charge >= 0.3 is 0 Å². The molecule has 12 rings (SSSR count). The van der Waals surface area contributed by atoms with Gasteiger partial charge in [-0.15, -0.1) is 0 Å². The molecule has 0 saturated heterocycles. The van der Waals surface area contributed by atoms with Crippen molar-refractivity contribution in [2.24, 2.45) is 0 Å². The summed E-state index contributed by atoms with van der Waals surface area (Å²) in [6, 6.07) is 62.5. The number of imide groups is 3. The van der Waals surface area contributed by atoms with Gasteiger partial charge in [0.15, 0.2) is 0 Å². The highest BCUT2D eigenvalue weighted by Gasteiger charge is 2.37. The number of aromatic nitrogens is 1. The first-order valence-electron chi connectivity index (χ1n) is 29.5. The van der Waals surface area contributed by atoms with E-state index >= 15 is 0 Å². The van der Waals surface area contributed by atoms with Crippen molar-refractivity contribution in [3.8, 4) is 0 Å². The van der Waals surface area contributed by atoms with Crippen LogP contribution < -0.4 is 0 Å². The van der Waals surface area contributed by atoms with Crippen molar-refractivity contribution in [3.63, 3.8) is 0 Å². The lowest BCUT2D eigenvalue weighted by molar-refractivity contribution is 0.0627. The summed E-state index contributed by atoms with van der Waals surface area (Å²) in [5, 5.41) is 1.31. The minimum Gasteiger partial charge on any atom is -0.361 e. The van der Waals surface area contributed by atoms with Crippen LogP contribution in [0.2, 0.25) is 0 Å². The molecule has 6 amide bonds. The molecule has 0 saturated carbocycles. The molecule has 8 aromatic carbocycles. The fourth-order valence-electron chi connectivity index (χ4n) is 10.4. The van der Waals surface area contributed by atoms with Crippen molar-refractivity contribution >= 4 is 46.3 Å². The van der Waals surface area contributed by atoms with Crippen LogP contribution in [0.1, 0.15) is 218 Å². The highest BCUT2D eigenvalue weighted by Crippen LogP contribution is 2.30. The van der Waals surface area contributed by atoms with Crippen LogP contribution in [-0.2, 0) is 19.6 Å². The molecule has 9 aromatic rings. The number of nitrogens with one attached hydrogen (secondary N) is 1. The largest absolute Gasteiger partial charge is 0.361 e. The molecule has 0 fully saturated rings. The number of carbonyl (C=O) groups is 6. The molecular weight excluding hydrogens is 1060 g/mol. The van der Waals surface area contributed by atoms with Crippen LogP contribution in [0.3, 0.4) is 0 Å². The average Bonchev–Trinajstić information content (AvgIpc) is 2.25. The summed E-state index contributed by atoms with van der Waals surface area (Å²) < 4.78 is 0. The lowest BCUT2D eigenvalue weighted by Gasteiger charge is -2.18. The number of amides is 6. The van der Waals surface area contributed by atoms with E-state index in [-0.39, 0.29) is 42.9 Å². The molecule has 1 N–H and O–H groups in total. The predicted molar refractivity (Wildman–Crippen MR) is 348 cm³/mol. The molecule has 0 bridgehead atoms. The second kappa shape index (κ2) is 29.0. The molecule has 10 nitrogen and oxygen atoms in total. The SMILES string of the molecule is C.CC(C)c1ccc(CN2C(=O)c3ccccc3C2=O)cc1.CC(C)c1ccc2[nH]ccc2c1.CC(C)c1cccc(CN2C(=O)c3ccccc3C2=O)c1.CC(C)c1ccccc1CN1C(=O)c2ccccc2C1=O.Cc1ccc(C(C)C)cc1. The third kappa shape index (κ3) is 15.1. The van der Waals surface area contributed by atoms with E-state index in [9.17, 15) is 28.8 Å². The Labute approximate surface area is 508 Å². The molecule has 0 aliphatic carbocycles. The lowest BCUT2D eigenvalue weighted by atomic mass is 9.97. The maximum atomic E-state index is 12.4. The Balaban J connectivity index is 0.000000157. The molecule has 442 valence electrons. The summed E-state index contributed by atoms with van der Waals surface area (Å²) in [5.41, 5.74) is 15.0. The molecule has 86 heavy (non-hydrogen) atoms. The van der Waals surface area contributed by atoms with Gasteiger partial charge in [-0.2, -0.15) is 0 Å². The average molecular weight is 1150 g/mol. The van der Waals surface area contributed by atoms with Crippen LogP contribution in [0.4, 0.5) is 0 Å². The molecule has 0 unspecified atom stereocenters. The van der Waals surface area contributed by atoms with Crippen LogP contribution in [0.15, 0.2) is 200 Å². The second-order valence-electron chi connectivity index (χ2n) is 23.4. The molecule has 1 aromatic heterocycles. The van der Waals surface area contributed by atoms with Crippen molar-refractivity contribution < 1.29 is 28.8 Å². The van der Waals surface area contributed by atoms with Gasteiger partial charge in [0.2, 0.25) is 0 Å². The number of rotatable bonds is 11. The number of aromatic amines is 1. The molecular formula is C76H82N4O6. The molecule has 0 atom stereocenters. The number of aryl methyl sites for hydroxylation is 1. The number of carbonyl (C=O) groups excluding carboxylic acids is 6. The molecule has 0 radical (unpaired) electrons. The summed E-state index contributed by atoms with van der Waals surface area (Å²) in [6.07, 6.45) is 1.98. The summed E-state index contributed by atoms with van der Waals surface area (Å²) >= 11 is 0. The number of benzene rings is 8. The Morgan fingerprint density at radius 3 is 1.14 bits per heavy atom. The van der Waals surface area contributed by atoms with Gasteiger partial charge in [0, 0.05) is 11.7 Å². The molecule has 10 heteroatoms. The van der Waals surface area contributed by atoms with Gasteiger partial charge in [-0.3, -0.25) is 43.5 Å². The summed E-state index contributed by atoms with van der Waals surface area (Å²) in [4.78, 5) is 81.2. The minimum absolute atomic E-state index is 0. The van der Waals surface area contributed by atoms with Crippen molar-refractivity contribution in [3.05, 3.63) is 284 Å². The van der Waals surface area contributed by atoms with Crippen molar-refractivity contribution in [2.45, 2.75) is 133 Å². The zero-order chi connectivity index (χ0) is 61.1. The van der Waals surface area contributed by atoms with Gasteiger partial charge in [0.05, 0.1) is 53.0 Å². The summed E-state index contributed by atoms with van der Waals surface area (Å²) in [6.45, 7) is 24.7. The molecule has 0 spiro atoms. The smallest absolute Gasteiger partial charge is 0.261 e. The van der Waals surface area contributed by atoms with Gasteiger partial charge < -0.3 is 4.98 Å². The second-order valence-corrected chi connectivity index (χ2v) is 23.4. The van der Waals surface area contributed by atoms with E-state index in [0.29, 0.717) is 82.6 Å². The lowest BCUT2D eigenvalue weighted by Crippen LogP contribution is -2.29. The van der Waals surface area contributed by atoms with Crippen molar-refractivity contribution in [2.75, 3.05) is 0 Å². The number of fused-ring (bicyclic) bond motifs is 4. The van der Waals surface area contributed by atoms with Gasteiger partial charge in [0.25, 0.3) is 35.4 Å². The normalized spacial score (nSPS) is 13.0. The Hall–Kier alpha value is -9.28. The van der Waals surface area contributed by atoms with E-state index in [1.807, 2.05) is 48.7 Å². The first-order chi connectivity index (χ1) is 40.7. The number of hydrogen-bond acceptors (Lipinski definition) is 6. The number of H-pyrrole nitrogens is 1. The van der Waals surface area contributed by atoms with E-state index < -0.39 is 0 Å². The quantitative estimate of drug-likeness (QED) is 0.129. The Morgan fingerprint density at radius 1 is 0.337 bits per heavy atom. The van der Waals surface area contributed by atoms with Crippen LogP contribution >= 0.6 is 0 Å². The van der Waals surface area contributed by atoms with Crippen LogP contribution in [0.5, 0.6) is 0 Å². The molecule has 4 heterocycles. The van der Waals surface area contributed by atoms with Gasteiger partial charge in [-0.25, -0.2) is 0 Å². The van der Waals surface area contributed by atoms with Crippen LogP contribution in [-0.4, -0.2) is 55.1 Å². The van der Waals surface area contributed by atoms with Crippen molar-refractivity contribution in [1.82, 2.24) is 19.7 Å². The summed E-state index contributed by atoms with van der Waals surface area (Å²) in [7, 11) is 0. The first kappa shape index (κ1) is 64.3. The zero-order valence-corrected chi connectivity index (χ0v) is 50.9. The molecule has 3 aliphatic heterocycles. The van der Waals surface area contributed by atoms with E-state index in [0.717, 1.165) is 16.7 Å². The number of hydrogen-bond donors (Lipinski definition) is 1. The standard InChI is InChI=1S/3C18H17NO2.C11H13N.C10H14.CH4/c1-12(2)14-7-5-6-13(10-14)11-19-17(20)15-8-3-4-9-16(15)18(19)21;1-12(2)14-8-4-3-7-13(14)11-19-17(20)15-9-5-6-10-16(15)18(19)21;1-12(2)14-9-7-13(8-10-14)11-19-17(20)15-5-3-4-6-16(15)18(19)21;1-8(2)9-3-4-11-10(7-9)5-6-12-11;1-8(2)10-6-4-9(3)5-7-10;/h3*3-10,12H,11H2,1-2H3;3-8,12H,1-2H3;4-8H,1-3H3;1H4. The maximum absolute atomic E-state index is 12.4. The zero-order valence-electron chi connectivity index (χ0n) is 50.9. The van der Waals surface area contributed by atoms with Crippen LogP contribution in [0.25, 0.3) is 10.9 Å². The van der Waals surface area contributed by atoms with Gasteiger partial charge in [0.1, 0.15) is 0 Å². The topological polar surface area (TPSA) is 128 Å². The van der Waals surface area contributed by atoms with Crippen LogP contribution in [0, 0.1) is 6.92 Å². The monoisotopic (exact) mass is 1150 g/mol. The fraction of sp³-hybridized carbons (Fsp3) is 0.263. The Kier molecular flexibility index (Phi) is 21.7. The van der Waals surface area contributed by atoms with E-state index in [2.05, 4.69) is 160 Å². The van der Waals surface area contributed by atoms with Crippen molar-refractivity contribution in [1.29, 1.82) is 0 Å². The first-order valence-corrected chi connectivity index (χ1v) is 29.5.